The van der Waals surface area contributed by atoms with E-state index in [0.29, 0.717) is 0 Å². The normalized spacial score (nSPS) is 20.3. The van der Waals surface area contributed by atoms with Crippen molar-refractivity contribution >= 4 is 0 Å². The third kappa shape index (κ3) is 2.81. The highest BCUT2D eigenvalue weighted by molar-refractivity contribution is 5.25. The standard InChI is InChI=1S/C20H24O2/c21-18(16-10-4-1-5-11-16)20(14-8-3-9-15-20)19(22)17-12-6-2-7-13-17/h1-2,4-7,10-13,18-19,21-22H,3,8-9,14-15H2. The molecule has 0 amide bonds. The van der Waals surface area contributed by atoms with Gasteiger partial charge in [-0.3, -0.25) is 0 Å². The fraction of sp³-hybridized carbons (Fsp3) is 0.400. The van der Waals surface area contributed by atoms with Crippen molar-refractivity contribution in [3.63, 3.8) is 0 Å². The summed E-state index contributed by atoms with van der Waals surface area (Å²) >= 11 is 0. The molecule has 0 radical (unpaired) electrons. The SMILES string of the molecule is OC(c1ccccc1)C1(C(O)c2ccccc2)CCCCC1. The molecular weight excluding hydrogens is 272 g/mol. The molecule has 0 bridgehead atoms. The quantitative estimate of drug-likeness (QED) is 0.877. The van der Waals surface area contributed by atoms with Crippen molar-refractivity contribution in [2.45, 2.75) is 44.3 Å². The molecule has 2 nitrogen and oxygen atoms in total. The molecule has 0 aromatic heterocycles. The van der Waals surface area contributed by atoms with E-state index in [1.165, 1.54) is 6.42 Å². The first-order valence-electron chi connectivity index (χ1n) is 8.20. The summed E-state index contributed by atoms with van der Waals surface area (Å²) in [6, 6.07) is 19.5. The van der Waals surface area contributed by atoms with E-state index in [0.717, 1.165) is 36.8 Å². The molecule has 1 aliphatic carbocycles. The molecule has 0 aliphatic heterocycles. The third-order valence-corrected chi connectivity index (χ3v) is 5.10. The molecule has 1 fully saturated rings. The Morgan fingerprint density at radius 3 is 1.45 bits per heavy atom. The van der Waals surface area contributed by atoms with Crippen LogP contribution < -0.4 is 0 Å². The van der Waals surface area contributed by atoms with Gasteiger partial charge in [-0.1, -0.05) is 79.9 Å². The van der Waals surface area contributed by atoms with Crippen LogP contribution in [0.5, 0.6) is 0 Å². The number of aliphatic hydroxyl groups excluding tert-OH is 2. The second-order valence-corrected chi connectivity index (χ2v) is 6.42. The Labute approximate surface area is 132 Å². The van der Waals surface area contributed by atoms with Gasteiger partial charge in [-0.05, 0) is 24.0 Å². The average Bonchev–Trinajstić information content (AvgIpc) is 2.62. The minimum Gasteiger partial charge on any atom is -0.388 e. The molecular formula is C20H24O2. The monoisotopic (exact) mass is 296 g/mol. The summed E-state index contributed by atoms with van der Waals surface area (Å²) in [5.41, 5.74) is 1.32. The molecule has 0 heterocycles. The summed E-state index contributed by atoms with van der Waals surface area (Å²) in [5.74, 6) is 0. The van der Waals surface area contributed by atoms with Gasteiger partial charge in [-0.2, -0.15) is 0 Å². The van der Waals surface area contributed by atoms with Crippen molar-refractivity contribution in [3.8, 4) is 0 Å². The zero-order chi connectivity index (χ0) is 15.4. The van der Waals surface area contributed by atoms with Crippen LogP contribution in [0.1, 0.15) is 55.4 Å². The Kier molecular flexibility index (Phi) is 4.60. The van der Waals surface area contributed by atoms with Gasteiger partial charge in [0.25, 0.3) is 0 Å². The van der Waals surface area contributed by atoms with E-state index >= 15 is 0 Å². The van der Waals surface area contributed by atoms with Crippen molar-refractivity contribution < 1.29 is 10.2 Å². The topological polar surface area (TPSA) is 40.5 Å². The lowest BCUT2D eigenvalue weighted by molar-refractivity contribution is -0.0972. The summed E-state index contributed by atoms with van der Waals surface area (Å²) in [6.45, 7) is 0. The highest BCUT2D eigenvalue weighted by atomic mass is 16.3. The van der Waals surface area contributed by atoms with E-state index in [1.807, 2.05) is 60.7 Å². The van der Waals surface area contributed by atoms with Crippen LogP contribution >= 0.6 is 0 Å². The first kappa shape index (κ1) is 15.3. The fourth-order valence-corrected chi connectivity index (χ4v) is 3.84. The van der Waals surface area contributed by atoms with Crippen molar-refractivity contribution in [2.75, 3.05) is 0 Å². The van der Waals surface area contributed by atoms with Gasteiger partial charge in [0, 0.05) is 5.41 Å². The van der Waals surface area contributed by atoms with Gasteiger partial charge in [-0.15, -0.1) is 0 Å². The molecule has 0 spiro atoms. The predicted molar refractivity (Wildman–Crippen MR) is 88.3 cm³/mol. The lowest BCUT2D eigenvalue weighted by Gasteiger charge is -2.45. The third-order valence-electron chi connectivity index (χ3n) is 5.10. The molecule has 2 aromatic rings. The van der Waals surface area contributed by atoms with Crippen molar-refractivity contribution in [1.82, 2.24) is 0 Å². The van der Waals surface area contributed by atoms with E-state index in [4.69, 9.17) is 0 Å². The fourth-order valence-electron chi connectivity index (χ4n) is 3.84. The van der Waals surface area contributed by atoms with Gasteiger partial charge in [-0.25, -0.2) is 0 Å². The Balaban J connectivity index is 1.98. The van der Waals surface area contributed by atoms with Crippen LogP contribution in [0.3, 0.4) is 0 Å². The maximum Gasteiger partial charge on any atom is 0.0874 e. The lowest BCUT2D eigenvalue weighted by Crippen LogP contribution is -2.37. The highest BCUT2D eigenvalue weighted by Gasteiger charge is 2.46. The number of aliphatic hydroxyl groups is 2. The van der Waals surface area contributed by atoms with Crippen LogP contribution in [0, 0.1) is 5.41 Å². The van der Waals surface area contributed by atoms with Crippen LogP contribution in [-0.4, -0.2) is 10.2 Å². The molecule has 2 unspecified atom stereocenters. The van der Waals surface area contributed by atoms with E-state index in [1.54, 1.807) is 0 Å². The Bertz CT molecular complexity index is 526. The summed E-state index contributed by atoms with van der Waals surface area (Å²) in [7, 11) is 0. The van der Waals surface area contributed by atoms with E-state index < -0.39 is 17.6 Å². The highest BCUT2D eigenvalue weighted by Crippen LogP contribution is 2.53. The van der Waals surface area contributed by atoms with Gasteiger partial charge in [0.15, 0.2) is 0 Å². The van der Waals surface area contributed by atoms with E-state index in [-0.39, 0.29) is 0 Å². The van der Waals surface area contributed by atoms with Gasteiger partial charge in [0.2, 0.25) is 0 Å². The van der Waals surface area contributed by atoms with Crippen molar-refractivity contribution in [2.24, 2.45) is 5.41 Å². The molecule has 1 saturated carbocycles. The maximum atomic E-state index is 11.1. The summed E-state index contributed by atoms with van der Waals surface area (Å²) in [4.78, 5) is 0. The summed E-state index contributed by atoms with van der Waals surface area (Å²) < 4.78 is 0. The number of benzene rings is 2. The first-order valence-corrected chi connectivity index (χ1v) is 8.20. The largest absolute Gasteiger partial charge is 0.388 e. The van der Waals surface area contributed by atoms with E-state index in [9.17, 15) is 10.2 Å². The molecule has 2 N–H and O–H groups in total. The Morgan fingerprint density at radius 2 is 1.05 bits per heavy atom. The van der Waals surface area contributed by atoms with Gasteiger partial charge in [0.05, 0.1) is 12.2 Å². The molecule has 1 aliphatic rings. The minimum atomic E-state index is -0.635. The molecule has 0 saturated heterocycles. The van der Waals surface area contributed by atoms with Crippen molar-refractivity contribution in [1.29, 1.82) is 0 Å². The molecule has 2 heteroatoms. The molecule has 116 valence electrons. The zero-order valence-electron chi connectivity index (χ0n) is 12.9. The Morgan fingerprint density at radius 1 is 0.636 bits per heavy atom. The first-order chi connectivity index (χ1) is 10.7. The number of rotatable bonds is 4. The maximum absolute atomic E-state index is 11.1. The van der Waals surface area contributed by atoms with Crippen LogP contribution in [0.25, 0.3) is 0 Å². The van der Waals surface area contributed by atoms with Crippen LogP contribution in [-0.2, 0) is 0 Å². The van der Waals surface area contributed by atoms with Crippen LogP contribution in [0.15, 0.2) is 60.7 Å². The average molecular weight is 296 g/mol. The molecule has 2 atom stereocenters. The summed E-state index contributed by atoms with van der Waals surface area (Å²) in [5, 5.41) is 22.1. The molecule has 3 rings (SSSR count). The van der Waals surface area contributed by atoms with Gasteiger partial charge < -0.3 is 10.2 Å². The molecule has 22 heavy (non-hydrogen) atoms. The predicted octanol–water partition coefficient (Wildman–Crippen LogP) is 4.40. The summed E-state index contributed by atoms with van der Waals surface area (Å²) in [6.07, 6.45) is 3.76. The second kappa shape index (κ2) is 6.64. The number of hydrogen-bond donors (Lipinski definition) is 2. The zero-order valence-corrected chi connectivity index (χ0v) is 12.9. The van der Waals surface area contributed by atoms with Gasteiger partial charge in [0.1, 0.15) is 0 Å². The molecule has 2 aromatic carbocycles. The lowest BCUT2D eigenvalue weighted by atomic mass is 9.63. The smallest absolute Gasteiger partial charge is 0.0874 e. The van der Waals surface area contributed by atoms with Crippen LogP contribution in [0.4, 0.5) is 0 Å². The van der Waals surface area contributed by atoms with Crippen LogP contribution in [0.2, 0.25) is 0 Å². The number of hydrogen-bond acceptors (Lipinski definition) is 2. The van der Waals surface area contributed by atoms with Crippen molar-refractivity contribution in [3.05, 3.63) is 71.8 Å². The second-order valence-electron chi connectivity index (χ2n) is 6.42. The van der Waals surface area contributed by atoms with E-state index in [2.05, 4.69) is 0 Å². The van der Waals surface area contributed by atoms with Gasteiger partial charge >= 0.3 is 0 Å². The Hall–Kier alpha value is -1.64. The minimum absolute atomic E-state index is 0.485.